The fourth-order valence-electron chi connectivity index (χ4n) is 1.60. The normalized spacial score (nSPS) is 10.3. The summed E-state index contributed by atoms with van der Waals surface area (Å²) in [6.07, 6.45) is 0. The molecule has 0 atom stereocenters. The lowest BCUT2D eigenvalue weighted by Gasteiger charge is -2.05. The Bertz CT molecular complexity index is 469. The van der Waals surface area contributed by atoms with Gasteiger partial charge in [0.2, 0.25) is 0 Å². The molecular weight excluding hydrogens is 187 g/mol. The number of aryl methyl sites for hydroxylation is 2. The topological polar surface area (TPSA) is 0 Å². The molecule has 0 spiro atoms. The highest BCUT2D eigenvalue weighted by atomic mass is 19.1. The van der Waals surface area contributed by atoms with Crippen LogP contribution in [0.1, 0.15) is 11.1 Å². The first-order chi connectivity index (χ1) is 7.18. The van der Waals surface area contributed by atoms with E-state index in [-0.39, 0.29) is 5.82 Å². The molecule has 0 aliphatic rings. The molecule has 0 radical (unpaired) electrons. The molecule has 0 heterocycles. The molecule has 15 heavy (non-hydrogen) atoms. The van der Waals surface area contributed by atoms with E-state index in [1.807, 2.05) is 43.3 Å². The van der Waals surface area contributed by atoms with Crippen molar-refractivity contribution >= 4 is 0 Å². The molecule has 0 fully saturated rings. The number of hydrogen-bond donors (Lipinski definition) is 0. The van der Waals surface area contributed by atoms with Gasteiger partial charge in [0.1, 0.15) is 5.82 Å². The lowest BCUT2D eigenvalue weighted by molar-refractivity contribution is 0.622. The molecule has 0 amide bonds. The highest BCUT2D eigenvalue weighted by molar-refractivity contribution is 5.65. The molecule has 76 valence electrons. The van der Waals surface area contributed by atoms with Gasteiger partial charge in [0.25, 0.3) is 0 Å². The zero-order valence-corrected chi connectivity index (χ0v) is 8.92. The van der Waals surface area contributed by atoms with Crippen molar-refractivity contribution in [3.05, 3.63) is 59.4 Å². The van der Waals surface area contributed by atoms with Crippen LogP contribution in [0.5, 0.6) is 0 Å². The van der Waals surface area contributed by atoms with E-state index >= 15 is 0 Å². The fraction of sp³-hybridized carbons (Fsp3) is 0.143. The highest BCUT2D eigenvalue weighted by Gasteiger charge is 2.05. The largest absolute Gasteiger partial charge is 0.206 e. The maximum atomic E-state index is 13.8. The maximum Gasteiger partial charge on any atom is 0.133 e. The summed E-state index contributed by atoms with van der Waals surface area (Å²) in [6.45, 7) is 3.81. The highest BCUT2D eigenvalue weighted by Crippen LogP contribution is 2.24. The van der Waals surface area contributed by atoms with E-state index in [1.54, 1.807) is 13.0 Å². The molecule has 2 rings (SSSR count). The second kappa shape index (κ2) is 3.85. The van der Waals surface area contributed by atoms with Gasteiger partial charge in [-0.25, -0.2) is 4.39 Å². The van der Waals surface area contributed by atoms with Gasteiger partial charge in [0.15, 0.2) is 0 Å². The minimum atomic E-state index is -0.124. The van der Waals surface area contributed by atoms with Crippen LogP contribution in [0, 0.1) is 19.7 Å². The van der Waals surface area contributed by atoms with Crippen LogP contribution in [0.25, 0.3) is 11.1 Å². The monoisotopic (exact) mass is 200 g/mol. The van der Waals surface area contributed by atoms with Gasteiger partial charge in [0.05, 0.1) is 0 Å². The van der Waals surface area contributed by atoms with Crippen molar-refractivity contribution < 1.29 is 4.39 Å². The van der Waals surface area contributed by atoms with Crippen molar-refractivity contribution in [1.29, 1.82) is 0 Å². The molecule has 0 aliphatic carbocycles. The van der Waals surface area contributed by atoms with Crippen molar-refractivity contribution in [2.24, 2.45) is 0 Å². The zero-order chi connectivity index (χ0) is 10.8. The van der Waals surface area contributed by atoms with Gasteiger partial charge in [-0.3, -0.25) is 0 Å². The summed E-state index contributed by atoms with van der Waals surface area (Å²) in [5, 5.41) is 0. The summed E-state index contributed by atoms with van der Waals surface area (Å²) in [6, 6.07) is 13.4. The molecule has 1 heteroatoms. The van der Waals surface area contributed by atoms with E-state index in [0.29, 0.717) is 11.1 Å². The first-order valence-corrected chi connectivity index (χ1v) is 5.00. The molecule has 0 saturated carbocycles. The van der Waals surface area contributed by atoms with Crippen molar-refractivity contribution in [1.82, 2.24) is 0 Å². The van der Waals surface area contributed by atoms with E-state index in [1.165, 1.54) is 5.56 Å². The number of rotatable bonds is 1. The molecule has 0 saturated heterocycles. The van der Waals surface area contributed by atoms with Crippen LogP contribution in [-0.4, -0.2) is 0 Å². The van der Waals surface area contributed by atoms with Gasteiger partial charge in [-0.1, -0.05) is 48.0 Å². The van der Waals surface area contributed by atoms with Gasteiger partial charge in [-0.05, 0) is 25.0 Å². The van der Waals surface area contributed by atoms with Gasteiger partial charge in [-0.2, -0.15) is 0 Å². The summed E-state index contributed by atoms with van der Waals surface area (Å²) in [7, 11) is 0. The van der Waals surface area contributed by atoms with Gasteiger partial charge in [-0.15, -0.1) is 0 Å². The Kier molecular flexibility index (Phi) is 2.55. The summed E-state index contributed by atoms with van der Waals surface area (Å²) in [5.74, 6) is -0.124. The average molecular weight is 200 g/mol. The molecule has 0 aliphatic heterocycles. The van der Waals surface area contributed by atoms with E-state index < -0.39 is 0 Å². The van der Waals surface area contributed by atoms with E-state index in [9.17, 15) is 4.39 Å². The van der Waals surface area contributed by atoms with Crippen molar-refractivity contribution in [3.63, 3.8) is 0 Å². The Morgan fingerprint density at radius 2 is 1.53 bits per heavy atom. The maximum absolute atomic E-state index is 13.8. The number of hydrogen-bond acceptors (Lipinski definition) is 0. The standard InChI is InChI=1S/C14H13F/c1-10-6-8-12(9-7-10)13-5-3-4-11(2)14(13)15/h3-9H,1-2H3. The molecular formula is C14H13F. The van der Waals surface area contributed by atoms with Gasteiger partial charge >= 0.3 is 0 Å². The van der Waals surface area contributed by atoms with Crippen molar-refractivity contribution in [2.75, 3.05) is 0 Å². The molecule has 0 unspecified atom stereocenters. The SMILES string of the molecule is Cc1ccc(-c2cccc(C)c2F)cc1. The molecule has 0 aromatic heterocycles. The summed E-state index contributed by atoms with van der Waals surface area (Å²) < 4.78 is 13.8. The lowest BCUT2D eigenvalue weighted by Crippen LogP contribution is -1.87. The Labute approximate surface area is 89.4 Å². The van der Waals surface area contributed by atoms with Gasteiger partial charge < -0.3 is 0 Å². The van der Waals surface area contributed by atoms with Crippen LogP contribution >= 0.6 is 0 Å². The minimum absolute atomic E-state index is 0.124. The molecule has 0 nitrogen and oxygen atoms in total. The predicted octanol–water partition coefficient (Wildman–Crippen LogP) is 4.11. The van der Waals surface area contributed by atoms with Crippen molar-refractivity contribution in [3.8, 4) is 11.1 Å². The predicted molar refractivity (Wildman–Crippen MR) is 61.3 cm³/mol. The van der Waals surface area contributed by atoms with E-state index in [0.717, 1.165) is 5.56 Å². The average Bonchev–Trinajstić information content (AvgIpc) is 2.24. The Morgan fingerprint density at radius 3 is 2.20 bits per heavy atom. The number of benzene rings is 2. The molecule has 0 bridgehead atoms. The van der Waals surface area contributed by atoms with E-state index in [2.05, 4.69) is 0 Å². The summed E-state index contributed by atoms with van der Waals surface area (Å²) >= 11 is 0. The first kappa shape index (κ1) is 9.91. The van der Waals surface area contributed by atoms with E-state index in [4.69, 9.17) is 0 Å². The Balaban J connectivity index is 2.54. The number of halogens is 1. The second-order valence-corrected chi connectivity index (χ2v) is 3.80. The molecule has 2 aromatic carbocycles. The third kappa shape index (κ3) is 1.91. The second-order valence-electron chi connectivity index (χ2n) is 3.80. The summed E-state index contributed by atoms with van der Waals surface area (Å²) in [4.78, 5) is 0. The Hall–Kier alpha value is -1.63. The quantitative estimate of drug-likeness (QED) is 0.649. The third-order valence-electron chi connectivity index (χ3n) is 2.55. The van der Waals surface area contributed by atoms with Crippen LogP contribution in [0.15, 0.2) is 42.5 Å². The van der Waals surface area contributed by atoms with Crippen LogP contribution in [0.4, 0.5) is 4.39 Å². The summed E-state index contributed by atoms with van der Waals surface area (Å²) in [5.41, 5.74) is 3.48. The molecule has 0 N–H and O–H groups in total. The zero-order valence-electron chi connectivity index (χ0n) is 8.92. The van der Waals surface area contributed by atoms with Crippen LogP contribution in [0.3, 0.4) is 0 Å². The minimum Gasteiger partial charge on any atom is -0.206 e. The fourth-order valence-corrected chi connectivity index (χ4v) is 1.60. The first-order valence-electron chi connectivity index (χ1n) is 5.00. The Morgan fingerprint density at radius 1 is 0.867 bits per heavy atom. The lowest BCUT2D eigenvalue weighted by atomic mass is 10.0. The van der Waals surface area contributed by atoms with Crippen LogP contribution in [-0.2, 0) is 0 Å². The van der Waals surface area contributed by atoms with Crippen LogP contribution < -0.4 is 0 Å². The third-order valence-corrected chi connectivity index (χ3v) is 2.55. The van der Waals surface area contributed by atoms with Gasteiger partial charge in [0, 0.05) is 5.56 Å². The molecule has 2 aromatic rings. The van der Waals surface area contributed by atoms with Crippen molar-refractivity contribution in [2.45, 2.75) is 13.8 Å². The smallest absolute Gasteiger partial charge is 0.133 e. The van der Waals surface area contributed by atoms with Crippen LogP contribution in [0.2, 0.25) is 0 Å².